The summed E-state index contributed by atoms with van der Waals surface area (Å²) in [6.07, 6.45) is 1.79. The second-order valence-corrected chi connectivity index (χ2v) is 1.95. The maximum atomic E-state index is 10.3. The monoisotopic (exact) mass is 150 g/mol. The highest BCUT2D eigenvalue weighted by Gasteiger charge is 1.97. The Morgan fingerprint density at radius 3 is 2.82 bits per heavy atom. The number of anilines is 1. The van der Waals surface area contributed by atoms with Gasteiger partial charge in [-0.1, -0.05) is 12.1 Å². The third-order valence-electron chi connectivity index (χ3n) is 1.25. The number of carbonyl (C=O) groups excluding carboxylic acids is 1. The summed E-state index contributed by atoms with van der Waals surface area (Å²) in [6, 6.07) is 6.97. The van der Waals surface area contributed by atoms with E-state index in [2.05, 4.69) is 10.3 Å². The number of hydrogen-bond donors (Lipinski definition) is 1. The minimum absolute atomic E-state index is 0.467. The van der Waals surface area contributed by atoms with Gasteiger partial charge >= 0.3 is 0 Å². The molecule has 1 aromatic rings. The van der Waals surface area contributed by atoms with E-state index in [0.29, 0.717) is 11.3 Å². The number of hydrogen-bond acceptors (Lipinski definition) is 3. The number of rotatable bonds is 3. The molecule has 0 aliphatic carbocycles. The second-order valence-electron chi connectivity index (χ2n) is 1.95. The average molecular weight is 150 g/mol. The number of nitrogens with one attached hydrogen (secondary N) is 1. The van der Waals surface area contributed by atoms with Crippen molar-refractivity contribution >= 4 is 12.0 Å². The van der Waals surface area contributed by atoms with E-state index in [9.17, 15) is 4.79 Å². The van der Waals surface area contributed by atoms with Gasteiger partial charge in [-0.15, -0.1) is 0 Å². The molecule has 0 fully saturated rings. The van der Waals surface area contributed by atoms with Crippen LogP contribution in [0.5, 0.6) is 0 Å². The van der Waals surface area contributed by atoms with E-state index < -0.39 is 0 Å². The Kier molecular flexibility index (Phi) is 2.63. The first-order valence-corrected chi connectivity index (χ1v) is 3.14. The molecule has 0 amide bonds. The fraction of sp³-hybridized carbons (Fsp3) is 0.125. The summed E-state index contributed by atoms with van der Waals surface area (Å²) >= 11 is 0. The maximum absolute atomic E-state index is 10.3. The van der Waals surface area contributed by atoms with Crippen LogP contribution in [0.1, 0.15) is 5.56 Å². The van der Waals surface area contributed by atoms with Crippen molar-refractivity contribution in [2.75, 3.05) is 12.6 Å². The summed E-state index contributed by atoms with van der Waals surface area (Å²) in [6.45, 7) is 0. The molecular weight excluding hydrogens is 142 g/mol. The molecule has 0 saturated heterocycles. The molecule has 3 nitrogen and oxygen atoms in total. The lowest BCUT2D eigenvalue weighted by molar-refractivity contribution is 0.271. The van der Waals surface area contributed by atoms with Crippen LogP contribution in [0.25, 0.3) is 0 Å². The predicted octanol–water partition coefficient (Wildman–Crippen LogP) is 1.12. The molecule has 11 heavy (non-hydrogen) atoms. The summed E-state index contributed by atoms with van der Waals surface area (Å²) in [5.41, 5.74) is 3.66. The fourth-order valence-corrected chi connectivity index (χ4v) is 0.771. The molecule has 3 heteroatoms. The van der Waals surface area contributed by atoms with Crippen LogP contribution in [-0.2, 0) is 9.63 Å². The van der Waals surface area contributed by atoms with Crippen LogP contribution in [0, 0.1) is 0 Å². The zero-order valence-electron chi connectivity index (χ0n) is 6.13. The first kappa shape index (κ1) is 7.75. The summed E-state index contributed by atoms with van der Waals surface area (Å²) < 4.78 is 0. The lowest BCUT2D eigenvalue weighted by Gasteiger charge is -2.03. The maximum Gasteiger partial charge on any atom is 0.235 e. The van der Waals surface area contributed by atoms with Gasteiger partial charge in [0.05, 0.1) is 18.4 Å². The van der Waals surface area contributed by atoms with E-state index in [0.717, 1.165) is 0 Å². The first-order chi connectivity index (χ1) is 5.38. The Morgan fingerprint density at radius 2 is 2.18 bits per heavy atom. The topological polar surface area (TPSA) is 38.3 Å². The number of para-hydroxylation sites is 1. The Morgan fingerprint density at radius 1 is 1.45 bits per heavy atom. The average Bonchev–Trinajstić information content (AvgIpc) is 2.06. The van der Waals surface area contributed by atoms with Crippen molar-refractivity contribution < 1.29 is 9.63 Å². The van der Waals surface area contributed by atoms with E-state index in [1.54, 1.807) is 24.5 Å². The molecule has 1 radical (unpaired) electrons. The Hall–Kier alpha value is -1.35. The van der Waals surface area contributed by atoms with Crippen LogP contribution in [0.2, 0.25) is 0 Å². The lowest BCUT2D eigenvalue weighted by atomic mass is 10.2. The zero-order chi connectivity index (χ0) is 8.10. The molecule has 0 saturated carbocycles. The molecule has 1 N–H and O–H groups in total. The molecule has 0 heterocycles. The number of benzene rings is 1. The molecule has 0 aliphatic heterocycles. The van der Waals surface area contributed by atoms with Gasteiger partial charge in [-0.3, -0.25) is 15.1 Å². The quantitative estimate of drug-likeness (QED) is 0.656. The van der Waals surface area contributed by atoms with Gasteiger partial charge in [0.25, 0.3) is 0 Å². The van der Waals surface area contributed by atoms with Crippen LogP contribution in [0.15, 0.2) is 24.3 Å². The van der Waals surface area contributed by atoms with Gasteiger partial charge < -0.3 is 0 Å². The molecule has 0 unspecified atom stereocenters. The van der Waals surface area contributed by atoms with E-state index in [-0.39, 0.29) is 0 Å². The van der Waals surface area contributed by atoms with Crippen LogP contribution in [-0.4, -0.2) is 13.4 Å². The lowest BCUT2D eigenvalue weighted by Crippen LogP contribution is -1.98. The SMILES string of the molecule is CONc1ccccc1[C]=O. The van der Waals surface area contributed by atoms with Gasteiger partial charge in [0.1, 0.15) is 0 Å². The minimum atomic E-state index is 0.467. The molecule has 0 atom stereocenters. The van der Waals surface area contributed by atoms with E-state index in [1.165, 1.54) is 7.11 Å². The van der Waals surface area contributed by atoms with Crippen molar-refractivity contribution in [2.45, 2.75) is 0 Å². The smallest absolute Gasteiger partial charge is 0.235 e. The van der Waals surface area contributed by atoms with Gasteiger partial charge in [0, 0.05) is 0 Å². The third-order valence-corrected chi connectivity index (χ3v) is 1.25. The van der Waals surface area contributed by atoms with E-state index in [1.807, 2.05) is 6.07 Å². The zero-order valence-corrected chi connectivity index (χ0v) is 6.13. The van der Waals surface area contributed by atoms with Crippen molar-refractivity contribution in [3.05, 3.63) is 29.8 Å². The summed E-state index contributed by atoms with van der Waals surface area (Å²) in [4.78, 5) is 14.9. The third kappa shape index (κ3) is 1.78. The van der Waals surface area contributed by atoms with Gasteiger partial charge in [-0.25, -0.2) is 0 Å². The standard InChI is InChI=1S/C8H8NO2/c1-11-9-8-5-3-2-4-7(8)6-10/h2-5,9H,1H3. The van der Waals surface area contributed by atoms with E-state index >= 15 is 0 Å². The highest BCUT2D eigenvalue weighted by Crippen LogP contribution is 2.11. The van der Waals surface area contributed by atoms with Gasteiger partial charge in [0.15, 0.2) is 0 Å². The molecule has 0 aliphatic rings. The highest BCUT2D eigenvalue weighted by atomic mass is 16.6. The fourth-order valence-electron chi connectivity index (χ4n) is 0.771. The molecule has 0 spiro atoms. The summed E-state index contributed by atoms with van der Waals surface area (Å²) in [7, 11) is 1.49. The molecular formula is C8H8NO2. The van der Waals surface area contributed by atoms with Gasteiger partial charge in [0.2, 0.25) is 6.29 Å². The molecule has 0 aromatic heterocycles. The first-order valence-electron chi connectivity index (χ1n) is 3.14. The Bertz CT molecular complexity index is 248. The van der Waals surface area contributed by atoms with Crippen molar-refractivity contribution in [2.24, 2.45) is 0 Å². The van der Waals surface area contributed by atoms with Gasteiger partial charge in [-0.05, 0) is 12.1 Å². The Labute approximate surface area is 64.9 Å². The largest absolute Gasteiger partial charge is 0.285 e. The summed E-state index contributed by atoms with van der Waals surface area (Å²) in [5, 5.41) is 0. The van der Waals surface area contributed by atoms with Crippen LogP contribution in [0.4, 0.5) is 5.69 Å². The minimum Gasteiger partial charge on any atom is -0.285 e. The van der Waals surface area contributed by atoms with E-state index in [4.69, 9.17) is 0 Å². The van der Waals surface area contributed by atoms with Crippen LogP contribution in [0.3, 0.4) is 0 Å². The Balaban J connectivity index is 2.92. The van der Waals surface area contributed by atoms with Crippen LogP contribution >= 0.6 is 0 Å². The summed E-state index contributed by atoms with van der Waals surface area (Å²) in [5.74, 6) is 0. The van der Waals surface area contributed by atoms with Crippen molar-refractivity contribution in [1.82, 2.24) is 0 Å². The molecule has 0 bridgehead atoms. The second kappa shape index (κ2) is 3.73. The van der Waals surface area contributed by atoms with Gasteiger partial charge in [-0.2, -0.15) is 0 Å². The van der Waals surface area contributed by atoms with Crippen LogP contribution < -0.4 is 5.48 Å². The predicted molar refractivity (Wildman–Crippen MR) is 41.9 cm³/mol. The van der Waals surface area contributed by atoms with Crippen molar-refractivity contribution in [1.29, 1.82) is 0 Å². The van der Waals surface area contributed by atoms with Crippen molar-refractivity contribution in [3.8, 4) is 0 Å². The molecule has 1 rings (SSSR count). The normalized spacial score (nSPS) is 9.18. The molecule has 1 aromatic carbocycles. The molecule has 57 valence electrons. The van der Waals surface area contributed by atoms with Crippen molar-refractivity contribution in [3.63, 3.8) is 0 Å². The highest BCUT2D eigenvalue weighted by molar-refractivity contribution is 5.83.